The molecule has 0 aliphatic heterocycles. The van der Waals surface area contributed by atoms with Crippen LogP contribution in [0.4, 0.5) is 11.4 Å². The van der Waals surface area contributed by atoms with E-state index in [4.69, 9.17) is 0 Å². The highest BCUT2D eigenvalue weighted by molar-refractivity contribution is 7.92. The Morgan fingerprint density at radius 1 is 0.821 bits per heavy atom. The van der Waals surface area contributed by atoms with Gasteiger partial charge in [-0.1, -0.05) is 42.5 Å². The predicted octanol–water partition coefficient (Wildman–Crippen LogP) is 2.10. The summed E-state index contributed by atoms with van der Waals surface area (Å²) in [5.41, 5.74) is 0.331. The highest BCUT2D eigenvalue weighted by atomic mass is 32.2. The minimum Gasteiger partial charge on any atom is -0.545 e. The molecule has 142 valence electrons. The summed E-state index contributed by atoms with van der Waals surface area (Å²) in [6.45, 7) is 0. The van der Waals surface area contributed by atoms with Gasteiger partial charge in [-0.25, -0.2) is 8.42 Å². The lowest BCUT2D eigenvalue weighted by atomic mass is 10.1. The van der Waals surface area contributed by atoms with Crippen LogP contribution in [0.1, 0.15) is 20.7 Å². The number of rotatable bonds is 6. The van der Waals surface area contributed by atoms with Gasteiger partial charge in [0.15, 0.2) is 0 Å². The Bertz CT molecular complexity index is 1130. The lowest BCUT2D eigenvalue weighted by Crippen LogP contribution is -2.24. The summed E-state index contributed by atoms with van der Waals surface area (Å²) in [6.07, 6.45) is 0. The lowest BCUT2D eigenvalue weighted by molar-refractivity contribution is -0.254. The summed E-state index contributed by atoms with van der Waals surface area (Å²) < 4.78 is 27.5. The number of benzene rings is 3. The summed E-state index contributed by atoms with van der Waals surface area (Å²) in [5, 5.41) is 13.6. The van der Waals surface area contributed by atoms with Crippen molar-refractivity contribution in [1.29, 1.82) is 0 Å². The summed E-state index contributed by atoms with van der Waals surface area (Å²) in [6, 6.07) is 19.6. The fourth-order valence-electron chi connectivity index (χ4n) is 2.49. The Hall–Kier alpha value is -3.65. The van der Waals surface area contributed by atoms with Gasteiger partial charge < -0.3 is 15.2 Å². The van der Waals surface area contributed by atoms with Crippen molar-refractivity contribution < 1.29 is 23.1 Å². The van der Waals surface area contributed by atoms with Gasteiger partial charge in [-0.15, -0.1) is 0 Å². The van der Waals surface area contributed by atoms with Crippen LogP contribution in [0.25, 0.3) is 0 Å². The SMILES string of the molecule is O=C(Nc1ccccc1C(=O)[O-])c1cccc(S(=O)(=O)Nc2ccccc2)c1. The monoisotopic (exact) mass is 395 g/mol. The molecule has 0 unspecified atom stereocenters. The van der Waals surface area contributed by atoms with Crippen molar-refractivity contribution >= 4 is 33.3 Å². The molecule has 8 heteroatoms. The third-order valence-corrected chi connectivity index (χ3v) is 5.21. The molecule has 0 spiro atoms. The normalized spacial score (nSPS) is 10.9. The molecule has 0 aliphatic rings. The molecule has 1 amide bonds. The van der Waals surface area contributed by atoms with Crippen molar-refractivity contribution in [2.75, 3.05) is 10.0 Å². The second-order valence-electron chi connectivity index (χ2n) is 5.79. The fourth-order valence-corrected chi connectivity index (χ4v) is 3.59. The van der Waals surface area contributed by atoms with Gasteiger partial charge in [-0.05, 0) is 36.4 Å². The Kier molecular flexibility index (Phi) is 5.42. The van der Waals surface area contributed by atoms with Crippen molar-refractivity contribution in [3.8, 4) is 0 Å². The molecule has 0 heterocycles. The van der Waals surface area contributed by atoms with Gasteiger partial charge in [0, 0.05) is 16.8 Å². The molecule has 7 nitrogen and oxygen atoms in total. The van der Waals surface area contributed by atoms with E-state index in [0.717, 1.165) is 0 Å². The molecule has 2 N–H and O–H groups in total. The van der Waals surface area contributed by atoms with Crippen LogP contribution < -0.4 is 15.1 Å². The number of hydrogen-bond donors (Lipinski definition) is 2. The number of para-hydroxylation sites is 2. The van der Waals surface area contributed by atoms with Gasteiger partial charge in [-0.2, -0.15) is 0 Å². The summed E-state index contributed by atoms with van der Waals surface area (Å²) in [7, 11) is -3.90. The maximum absolute atomic E-state index is 12.5. The number of carboxylic acid groups (broad SMARTS) is 1. The highest BCUT2D eigenvalue weighted by Gasteiger charge is 2.17. The van der Waals surface area contributed by atoms with Crippen LogP contribution in [0, 0.1) is 0 Å². The number of carbonyl (C=O) groups is 2. The molecule has 3 aromatic rings. The smallest absolute Gasteiger partial charge is 0.261 e. The van der Waals surface area contributed by atoms with E-state index in [1.165, 1.54) is 42.5 Å². The van der Waals surface area contributed by atoms with Crippen LogP contribution in [-0.2, 0) is 10.0 Å². The molecule has 0 radical (unpaired) electrons. The van der Waals surface area contributed by atoms with E-state index in [-0.39, 0.29) is 21.7 Å². The Labute approximate surface area is 161 Å². The zero-order valence-corrected chi connectivity index (χ0v) is 15.3. The minimum atomic E-state index is -3.90. The van der Waals surface area contributed by atoms with Crippen molar-refractivity contribution in [2.45, 2.75) is 4.90 Å². The highest BCUT2D eigenvalue weighted by Crippen LogP contribution is 2.19. The molecule has 0 bridgehead atoms. The lowest BCUT2D eigenvalue weighted by Gasteiger charge is -2.12. The summed E-state index contributed by atoms with van der Waals surface area (Å²) in [5.74, 6) is -2.08. The molecule has 0 aliphatic carbocycles. The Balaban J connectivity index is 1.85. The standard InChI is InChI=1S/C20H16N2O5S/c23-19(21-18-12-5-4-11-17(18)20(24)25)14-7-6-10-16(13-14)28(26,27)22-15-8-2-1-3-9-15/h1-13,22H,(H,21,23)(H,24,25)/p-1. The van der Waals surface area contributed by atoms with Crippen LogP contribution in [0.2, 0.25) is 0 Å². The van der Waals surface area contributed by atoms with Crippen LogP contribution in [0.5, 0.6) is 0 Å². The Morgan fingerprint density at radius 3 is 2.21 bits per heavy atom. The first-order valence-corrected chi connectivity index (χ1v) is 9.65. The zero-order chi connectivity index (χ0) is 20.1. The number of hydrogen-bond acceptors (Lipinski definition) is 5. The maximum Gasteiger partial charge on any atom is 0.261 e. The molecule has 0 aromatic heterocycles. The van der Waals surface area contributed by atoms with Crippen LogP contribution in [0.15, 0.2) is 83.8 Å². The number of anilines is 2. The first-order valence-electron chi connectivity index (χ1n) is 8.16. The van der Waals surface area contributed by atoms with Crippen LogP contribution >= 0.6 is 0 Å². The second kappa shape index (κ2) is 7.93. The van der Waals surface area contributed by atoms with Gasteiger partial charge in [0.05, 0.1) is 16.6 Å². The molecule has 0 atom stereocenters. The number of carbonyl (C=O) groups excluding carboxylic acids is 2. The quantitative estimate of drug-likeness (QED) is 0.663. The average molecular weight is 395 g/mol. The number of sulfonamides is 1. The zero-order valence-electron chi connectivity index (χ0n) is 14.5. The van der Waals surface area contributed by atoms with Gasteiger partial charge >= 0.3 is 0 Å². The average Bonchev–Trinajstić information content (AvgIpc) is 2.69. The molecule has 3 aromatic carbocycles. The number of carboxylic acids is 1. The van der Waals surface area contributed by atoms with Crippen LogP contribution in [0.3, 0.4) is 0 Å². The number of aromatic carboxylic acids is 1. The minimum absolute atomic E-state index is 0.0585. The second-order valence-corrected chi connectivity index (χ2v) is 7.47. The molecular formula is C20H15N2O5S-. The first kappa shape index (κ1) is 19.1. The van der Waals surface area contributed by atoms with Crippen molar-refractivity contribution in [1.82, 2.24) is 0 Å². The van der Waals surface area contributed by atoms with E-state index in [0.29, 0.717) is 5.69 Å². The van der Waals surface area contributed by atoms with Gasteiger partial charge in [-0.3, -0.25) is 9.52 Å². The molecular weight excluding hydrogens is 380 g/mol. The topological polar surface area (TPSA) is 115 Å². The number of nitrogens with one attached hydrogen (secondary N) is 2. The van der Waals surface area contributed by atoms with E-state index >= 15 is 0 Å². The fraction of sp³-hybridized carbons (Fsp3) is 0. The van der Waals surface area contributed by atoms with Crippen molar-refractivity contribution in [3.63, 3.8) is 0 Å². The molecule has 28 heavy (non-hydrogen) atoms. The van der Waals surface area contributed by atoms with E-state index in [9.17, 15) is 23.1 Å². The molecule has 0 fully saturated rings. The summed E-state index contributed by atoms with van der Waals surface area (Å²) >= 11 is 0. The number of amides is 1. The van der Waals surface area contributed by atoms with Crippen molar-refractivity contribution in [3.05, 3.63) is 90.0 Å². The van der Waals surface area contributed by atoms with Gasteiger partial charge in [0.1, 0.15) is 0 Å². The van der Waals surface area contributed by atoms with E-state index in [1.807, 2.05) is 0 Å². The molecule has 3 rings (SSSR count). The molecule has 0 saturated carbocycles. The van der Waals surface area contributed by atoms with Crippen LogP contribution in [-0.4, -0.2) is 20.3 Å². The predicted molar refractivity (Wildman–Crippen MR) is 102 cm³/mol. The third-order valence-electron chi connectivity index (χ3n) is 3.83. The van der Waals surface area contributed by atoms with E-state index in [2.05, 4.69) is 10.0 Å². The largest absolute Gasteiger partial charge is 0.545 e. The summed E-state index contributed by atoms with van der Waals surface area (Å²) in [4.78, 5) is 23.5. The maximum atomic E-state index is 12.5. The third kappa shape index (κ3) is 4.36. The van der Waals surface area contributed by atoms with Gasteiger partial charge in [0.2, 0.25) is 0 Å². The van der Waals surface area contributed by atoms with E-state index < -0.39 is 21.9 Å². The van der Waals surface area contributed by atoms with E-state index in [1.54, 1.807) is 36.4 Å². The Morgan fingerprint density at radius 2 is 1.50 bits per heavy atom. The first-order chi connectivity index (χ1) is 13.4. The molecule has 0 saturated heterocycles. The van der Waals surface area contributed by atoms with Gasteiger partial charge in [0.25, 0.3) is 15.9 Å². The van der Waals surface area contributed by atoms with Crippen molar-refractivity contribution in [2.24, 2.45) is 0 Å².